The first-order chi connectivity index (χ1) is 10.2. The zero-order valence-electron chi connectivity index (χ0n) is 11.5. The number of H-pyrrole nitrogens is 1. The van der Waals surface area contributed by atoms with E-state index in [-0.39, 0.29) is 5.75 Å². The number of nitrogens with zero attached hydrogens (tertiary/aromatic N) is 2. The zero-order chi connectivity index (χ0) is 14.0. The standard InChI is InChI=1S/C17H15N3O/c21-14-4-2-1-3-12(14)13-5-11-6-15(18-16(11)20-19-13)17-7-10(8-17)9-17/h1-6,10,21H,7-9H2,(H,18,20). The van der Waals surface area contributed by atoms with Gasteiger partial charge in [-0.05, 0) is 49.4 Å². The predicted molar refractivity (Wildman–Crippen MR) is 80.0 cm³/mol. The van der Waals surface area contributed by atoms with Crippen LogP contribution in [0.3, 0.4) is 0 Å². The van der Waals surface area contributed by atoms with E-state index in [1.165, 1.54) is 25.0 Å². The van der Waals surface area contributed by atoms with Crippen LogP contribution in [0.1, 0.15) is 25.0 Å². The topological polar surface area (TPSA) is 61.8 Å². The van der Waals surface area contributed by atoms with Crippen molar-refractivity contribution in [2.75, 3.05) is 0 Å². The van der Waals surface area contributed by atoms with Gasteiger partial charge in [0.15, 0.2) is 5.65 Å². The Morgan fingerprint density at radius 1 is 1.10 bits per heavy atom. The van der Waals surface area contributed by atoms with E-state index in [9.17, 15) is 5.11 Å². The fourth-order valence-electron chi connectivity index (χ4n) is 3.85. The average Bonchev–Trinajstić information content (AvgIpc) is 2.77. The van der Waals surface area contributed by atoms with Crippen molar-refractivity contribution < 1.29 is 5.11 Å². The Hall–Kier alpha value is -2.36. The number of hydrogen-bond acceptors (Lipinski definition) is 3. The predicted octanol–water partition coefficient (Wildman–Crippen LogP) is 3.38. The number of phenolic OH excluding ortho intramolecular Hbond substituents is 1. The highest BCUT2D eigenvalue weighted by Gasteiger charge is 2.58. The summed E-state index contributed by atoms with van der Waals surface area (Å²) in [6, 6.07) is 11.4. The molecule has 2 heterocycles. The van der Waals surface area contributed by atoms with Gasteiger partial charge in [0, 0.05) is 22.1 Å². The Bertz CT molecular complexity index is 850. The number of phenols is 1. The molecule has 4 nitrogen and oxygen atoms in total. The fourth-order valence-corrected chi connectivity index (χ4v) is 3.85. The summed E-state index contributed by atoms with van der Waals surface area (Å²) in [5.74, 6) is 1.20. The number of aromatic nitrogens is 3. The lowest BCUT2D eigenvalue weighted by Gasteiger charge is -2.61. The highest BCUT2D eigenvalue weighted by Crippen LogP contribution is 2.64. The summed E-state index contributed by atoms with van der Waals surface area (Å²) in [5, 5.41) is 19.6. The van der Waals surface area contributed by atoms with Gasteiger partial charge in [-0.15, -0.1) is 10.2 Å². The third-order valence-electron chi connectivity index (χ3n) is 5.17. The number of benzene rings is 1. The number of fused-ring (bicyclic) bond motifs is 1. The first kappa shape index (κ1) is 11.3. The highest BCUT2D eigenvalue weighted by molar-refractivity contribution is 5.82. The van der Waals surface area contributed by atoms with Crippen LogP contribution in [-0.2, 0) is 5.41 Å². The molecule has 104 valence electrons. The Labute approximate surface area is 121 Å². The second kappa shape index (κ2) is 3.64. The molecule has 4 heteroatoms. The summed E-state index contributed by atoms with van der Waals surface area (Å²) in [7, 11) is 0. The van der Waals surface area contributed by atoms with Crippen molar-refractivity contribution in [3.63, 3.8) is 0 Å². The molecule has 3 fully saturated rings. The zero-order valence-corrected chi connectivity index (χ0v) is 11.5. The van der Waals surface area contributed by atoms with Gasteiger partial charge in [0.2, 0.25) is 0 Å². The molecule has 0 amide bonds. The number of para-hydroxylation sites is 1. The molecular formula is C17H15N3O. The largest absolute Gasteiger partial charge is 0.507 e. The maximum absolute atomic E-state index is 9.95. The lowest BCUT2D eigenvalue weighted by Crippen LogP contribution is -2.55. The molecule has 0 aliphatic heterocycles. The summed E-state index contributed by atoms with van der Waals surface area (Å²) in [4.78, 5) is 3.43. The van der Waals surface area contributed by atoms with Crippen LogP contribution in [-0.4, -0.2) is 20.3 Å². The van der Waals surface area contributed by atoms with Gasteiger partial charge in [-0.3, -0.25) is 0 Å². The second-order valence-electron chi connectivity index (χ2n) is 6.49. The molecule has 0 spiro atoms. The first-order valence-electron chi connectivity index (χ1n) is 7.39. The minimum absolute atomic E-state index is 0.237. The lowest BCUT2D eigenvalue weighted by molar-refractivity contribution is -0.0303. The van der Waals surface area contributed by atoms with Crippen LogP contribution in [0.15, 0.2) is 36.4 Å². The molecule has 3 saturated carbocycles. The summed E-state index contributed by atoms with van der Waals surface area (Å²) in [6.45, 7) is 0. The summed E-state index contributed by atoms with van der Waals surface area (Å²) < 4.78 is 0. The van der Waals surface area contributed by atoms with Crippen LogP contribution < -0.4 is 0 Å². The molecule has 2 aromatic heterocycles. The minimum atomic E-state index is 0.237. The van der Waals surface area contributed by atoms with Crippen LogP contribution >= 0.6 is 0 Å². The van der Waals surface area contributed by atoms with E-state index < -0.39 is 0 Å². The highest BCUT2D eigenvalue weighted by atomic mass is 16.3. The SMILES string of the molecule is Oc1ccccc1-c1cc2cc(C34CC(C3)C4)[nH]c2nn1. The number of hydrogen-bond donors (Lipinski definition) is 2. The molecule has 3 aliphatic rings. The normalized spacial score (nSPS) is 26.4. The molecule has 0 unspecified atom stereocenters. The van der Waals surface area contributed by atoms with Gasteiger partial charge < -0.3 is 10.1 Å². The average molecular weight is 277 g/mol. The van der Waals surface area contributed by atoms with Crippen molar-refractivity contribution in [1.29, 1.82) is 0 Å². The first-order valence-corrected chi connectivity index (χ1v) is 7.39. The van der Waals surface area contributed by atoms with Crippen molar-refractivity contribution in [3.05, 3.63) is 42.1 Å². The van der Waals surface area contributed by atoms with E-state index >= 15 is 0 Å². The third kappa shape index (κ3) is 1.45. The van der Waals surface area contributed by atoms with Crippen LogP contribution in [0.25, 0.3) is 22.3 Å². The van der Waals surface area contributed by atoms with E-state index in [0.29, 0.717) is 11.1 Å². The van der Waals surface area contributed by atoms with Crippen molar-refractivity contribution in [2.24, 2.45) is 5.92 Å². The van der Waals surface area contributed by atoms with Gasteiger partial charge in [-0.2, -0.15) is 0 Å². The second-order valence-corrected chi connectivity index (χ2v) is 6.49. The monoisotopic (exact) mass is 277 g/mol. The van der Waals surface area contributed by atoms with E-state index in [1.807, 2.05) is 24.3 Å². The van der Waals surface area contributed by atoms with Gasteiger partial charge in [-0.1, -0.05) is 12.1 Å². The Kier molecular flexibility index (Phi) is 1.96. The molecule has 1 aromatic carbocycles. The molecule has 6 rings (SSSR count). The summed E-state index contributed by atoms with van der Waals surface area (Å²) >= 11 is 0. The number of aromatic hydroxyl groups is 1. The summed E-state index contributed by atoms with van der Waals surface area (Å²) in [5.41, 5.74) is 3.99. The maximum atomic E-state index is 9.95. The number of aromatic amines is 1. The van der Waals surface area contributed by atoms with E-state index in [1.54, 1.807) is 6.07 Å². The van der Waals surface area contributed by atoms with Gasteiger partial charge in [0.25, 0.3) is 0 Å². The third-order valence-corrected chi connectivity index (χ3v) is 5.17. The van der Waals surface area contributed by atoms with Crippen molar-refractivity contribution in [3.8, 4) is 17.0 Å². The number of nitrogens with one attached hydrogen (secondary N) is 1. The van der Waals surface area contributed by atoms with Crippen molar-refractivity contribution in [2.45, 2.75) is 24.7 Å². The molecule has 21 heavy (non-hydrogen) atoms. The van der Waals surface area contributed by atoms with Gasteiger partial charge in [-0.25, -0.2) is 0 Å². The maximum Gasteiger partial charge on any atom is 0.160 e. The van der Waals surface area contributed by atoms with Crippen molar-refractivity contribution in [1.82, 2.24) is 15.2 Å². The van der Waals surface area contributed by atoms with Crippen LogP contribution in [0.2, 0.25) is 0 Å². The molecule has 3 aliphatic carbocycles. The molecule has 2 bridgehead atoms. The smallest absolute Gasteiger partial charge is 0.160 e. The lowest BCUT2D eigenvalue weighted by atomic mass is 9.43. The molecule has 0 atom stereocenters. The van der Waals surface area contributed by atoms with Crippen LogP contribution in [0.5, 0.6) is 5.75 Å². The molecule has 2 N–H and O–H groups in total. The number of rotatable bonds is 2. The summed E-state index contributed by atoms with van der Waals surface area (Å²) in [6.07, 6.45) is 3.96. The fraction of sp³-hybridized carbons (Fsp3) is 0.294. The van der Waals surface area contributed by atoms with Crippen LogP contribution in [0.4, 0.5) is 0 Å². The molecule has 0 saturated heterocycles. The molecular weight excluding hydrogens is 262 g/mol. The van der Waals surface area contributed by atoms with Crippen molar-refractivity contribution >= 4 is 11.0 Å². The van der Waals surface area contributed by atoms with Gasteiger partial charge in [0.1, 0.15) is 5.75 Å². The quantitative estimate of drug-likeness (QED) is 0.754. The minimum Gasteiger partial charge on any atom is -0.507 e. The Morgan fingerprint density at radius 3 is 2.62 bits per heavy atom. The Balaban J connectivity index is 1.62. The van der Waals surface area contributed by atoms with Crippen LogP contribution in [0, 0.1) is 5.92 Å². The van der Waals surface area contributed by atoms with Gasteiger partial charge in [0.05, 0.1) is 5.69 Å². The van der Waals surface area contributed by atoms with E-state index in [2.05, 4.69) is 21.2 Å². The molecule has 3 aromatic rings. The molecule has 0 radical (unpaired) electrons. The van der Waals surface area contributed by atoms with E-state index in [0.717, 1.165) is 22.5 Å². The van der Waals surface area contributed by atoms with E-state index in [4.69, 9.17) is 0 Å². The Morgan fingerprint density at radius 2 is 1.90 bits per heavy atom. The van der Waals surface area contributed by atoms with Gasteiger partial charge >= 0.3 is 0 Å².